The molecule has 1 fully saturated rings. The van der Waals surface area contributed by atoms with Gasteiger partial charge in [0.2, 0.25) is 5.91 Å². The van der Waals surface area contributed by atoms with E-state index in [1.54, 1.807) is 30.3 Å². The molecule has 1 aliphatic heterocycles. The number of amides is 2. The second kappa shape index (κ2) is 6.74. The van der Waals surface area contributed by atoms with Crippen LogP contribution in [0.5, 0.6) is 0 Å². The number of carbonyl (C=O) groups is 3. The highest BCUT2D eigenvalue weighted by Crippen LogP contribution is 2.28. The number of nitrogens with zero attached hydrogens (tertiary/aromatic N) is 1. The van der Waals surface area contributed by atoms with Gasteiger partial charge in [0, 0.05) is 11.4 Å². The van der Waals surface area contributed by atoms with E-state index in [0.29, 0.717) is 37.4 Å². The van der Waals surface area contributed by atoms with Crippen LogP contribution in [0.15, 0.2) is 36.4 Å². The van der Waals surface area contributed by atoms with E-state index < -0.39 is 23.9 Å². The van der Waals surface area contributed by atoms with Crippen molar-refractivity contribution in [2.75, 3.05) is 23.4 Å². The van der Waals surface area contributed by atoms with Crippen LogP contribution in [0.1, 0.15) is 12.8 Å². The standard InChI is InChI=1S/C17H18N2O5/c20-15(13-6-1-2-7-14(13)16(21)22)18-11-4-3-5-12(10-11)19-8-9-24-17(19)23/h1-5,10,13-14H,6-9H2,(H,18,20)(H,21,22)/t13-,14+/m1/s1. The Kier molecular flexibility index (Phi) is 4.50. The maximum Gasteiger partial charge on any atom is 0.414 e. The lowest BCUT2D eigenvalue weighted by Crippen LogP contribution is -2.34. The summed E-state index contributed by atoms with van der Waals surface area (Å²) in [6, 6.07) is 6.87. The number of carboxylic acids is 1. The van der Waals surface area contributed by atoms with Crippen molar-refractivity contribution in [3.05, 3.63) is 36.4 Å². The number of ether oxygens (including phenoxy) is 1. The minimum absolute atomic E-state index is 0.326. The largest absolute Gasteiger partial charge is 0.481 e. The van der Waals surface area contributed by atoms with Crippen LogP contribution in [0.3, 0.4) is 0 Å². The summed E-state index contributed by atoms with van der Waals surface area (Å²) in [6.45, 7) is 0.800. The molecule has 0 bridgehead atoms. The lowest BCUT2D eigenvalue weighted by Gasteiger charge is -2.24. The van der Waals surface area contributed by atoms with E-state index in [1.807, 2.05) is 6.08 Å². The maximum atomic E-state index is 12.5. The van der Waals surface area contributed by atoms with Crippen LogP contribution in [0.2, 0.25) is 0 Å². The van der Waals surface area contributed by atoms with Gasteiger partial charge in [0.05, 0.1) is 18.4 Å². The zero-order valence-corrected chi connectivity index (χ0v) is 13.0. The highest BCUT2D eigenvalue weighted by atomic mass is 16.6. The Balaban J connectivity index is 1.73. The number of cyclic esters (lactones) is 1. The molecule has 7 nitrogen and oxygen atoms in total. The number of allylic oxidation sites excluding steroid dienone is 2. The fourth-order valence-corrected chi connectivity index (χ4v) is 2.99. The van der Waals surface area contributed by atoms with Gasteiger partial charge < -0.3 is 15.2 Å². The van der Waals surface area contributed by atoms with E-state index >= 15 is 0 Å². The first-order valence-corrected chi connectivity index (χ1v) is 7.79. The maximum absolute atomic E-state index is 12.5. The van der Waals surface area contributed by atoms with Gasteiger partial charge in [-0.2, -0.15) is 0 Å². The molecule has 7 heteroatoms. The minimum atomic E-state index is -0.965. The molecule has 1 aromatic rings. The summed E-state index contributed by atoms with van der Waals surface area (Å²) < 4.78 is 4.90. The van der Waals surface area contributed by atoms with Gasteiger partial charge >= 0.3 is 12.1 Å². The van der Waals surface area contributed by atoms with Crippen molar-refractivity contribution in [3.63, 3.8) is 0 Å². The van der Waals surface area contributed by atoms with Gasteiger partial charge in [0.1, 0.15) is 6.61 Å². The Bertz CT molecular complexity index is 700. The number of aliphatic carboxylic acids is 1. The molecule has 0 saturated carbocycles. The molecule has 1 aromatic carbocycles. The van der Waals surface area contributed by atoms with Crippen LogP contribution in [0, 0.1) is 11.8 Å². The number of carbonyl (C=O) groups excluding carboxylic acids is 2. The Morgan fingerprint density at radius 2 is 1.96 bits per heavy atom. The third-order valence-corrected chi connectivity index (χ3v) is 4.27. The molecular weight excluding hydrogens is 312 g/mol. The fourth-order valence-electron chi connectivity index (χ4n) is 2.99. The van der Waals surface area contributed by atoms with E-state index in [1.165, 1.54) is 4.90 Å². The minimum Gasteiger partial charge on any atom is -0.481 e. The monoisotopic (exact) mass is 330 g/mol. The molecule has 1 heterocycles. The number of hydrogen-bond acceptors (Lipinski definition) is 4. The molecule has 1 saturated heterocycles. The van der Waals surface area contributed by atoms with Gasteiger partial charge in [-0.25, -0.2) is 4.79 Å². The molecule has 0 radical (unpaired) electrons. The van der Waals surface area contributed by atoms with Crippen LogP contribution in [0.25, 0.3) is 0 Å². The second-order valence-corrected chi connectivity index (χ2v) is 5.80. The summed E-state index contributed by atoms with van der Waals surface area (Å²) in [5.41, 5.74) is 1.16. The van der Waals surface area contributed by atoms with Gasteiger partial charge in [-0.3, -0.25) is 14.5 Å². The smallest absolute Gasteiger partial charge is 0.414 e. The first-order chi connectivity index (χ1) is 11.6. The van der Waals surface area contributed by atoms with Crippen molar-refractivity contribution < 1.29 is 24.2 Å². The molecule has 0 spiro atoms. The lowest BCUT2D eigenvalue weighted by molar-refractivity contribution is -0.146. The highest BCUT2D eigenvalue weighted by molar-refractivity contribution is 5.96. The van der Waals surface area contributed by atoms with Crippen molar-refractivity contribution in [2.24, 2.45) is 11.8 Å². The van der Waals surface area contributed by atoms with Gasteiger partial charge in [-0.15, -0.1) is 0 Å². The molecule has 1 aliphatic carbocycles. The number of rotatable bonds is 4. The van der Waals surface area contributed by atoms with Crippen molar-refractivity contribution >= 4 is 29.3 Å². The molecular formula is C17H18N2O5. The summed E-state index contributed by atoms with van der Waals surface area (Å²) in [5, 5.41) is 12.0. The Labute approximate surface area is 138 Å². The zero-order chi connectivity index (χ0) is 17.1. The third-order valence-electron chi connectivity index (χ3n) is 4.27. The van der Waals surface area contributed by atoms with E-state index in [9.17, 15) is 19.5 Å². The van der Waals surface area contributed by atoms with Gasteiger partial charge in [-0.05, 0) is 31.0 Å². The van der Waals surface area contributed by atoms with E-state index in [4.69, 9.17) is 4.74 Å². The van der Waals surface area contributed by atoms with Crippen LogP contribution < -0.4 is 10.2 Å². The van der Waals surface area contributed by atoms with E-state index in [2.05, 4.69) is 5.32 Å². The average Bonchev–Trinajstić information content (AvgIpc) is 3.01. The molecule has 2 aliphatic rings. The van der Waals surface area contributed by atoms with Gasteiger partial charge in [0.15, 0.2) is 0 Å². The Morgan fingerprint density at radius 3 is 2.62 bits per heavy atom. The SMILES string of the molecule is O=C(O)[C@H]1CC=CC[C@H]1C(=O)Nc1cccc(N2CCOC2=O)c1. The normalized spacial score (nSPS) is 23.0. The molecule has 126 valence electrons. The number of hydrogen-bond donors (Lipinski definition) is 2. The van der Waals surface area contributed by atoms with Crippen LogP contribution in [0.4, 0.5) is 16.2 Å². The summed E-state index contributed by atoms with van der Waals surface area (Å²) in [6.07, 6.45) is 3.97. The molecule has 24 heavy (non-hydrogen) atoms. The first-order valence-electron chi connectivity index (χ1n) is 7.79. The van der Waals surface area contributed by atoms with Gasteiger partial charge in [-0.1, -0.05) is 18.2 Å². The summed E-state index contributed by atoms with van der Waals surface area (Å²) in [7, 11) is 0. The van der Waals surface area contributed by atoms with Crippen molar-refractivity contribution in [1.29, 1.82) is 0 Å². The molecule has 3 rings (SSSR count). The second-order valence-electron chi connectivity index (χ2n) is 5.80. The predicted molar refractivity (Wildman–Crippen MR) is 86.8 cm³/mol. The van der Waals surface area contributed by atoms with Crippen molar-refractivity contribution in [3.8, 4) is 0 Å². The average molecular weight is 330 g/mol. The number of nitrogens with one attached hydrogen (secondary N) is 1. The van der Waals surface area contributed by atoms with E-state index in [-0.39, 0.29) is 5.91 Å². The lowest BCUT2D eigenvalue weighted by atomic mass is 9.82. The summed E-state index contributed by atoms with van der Waals surface area (Å²) in [4.78, 5) is 36.9. The van der Waals surface area contributed by atoms with Crippen LogP contribution >= 0.6 is 0 Å². The summed E-state index contributed by atoms with van der Waals surface area (Å²) in [5.74, 6) is -2.61. The first kappa shape index (κ1) is 16.0. The van der Waals surface area contributed by atoms with E-state index in [0.717, 1.165) is 0 Å². The van der Waals surface area contributed by atoms with Crippen LogP contribution in [-0.2, 0) is 14.3 Å². The zero-order valence-electron chi connectivity index (χ0n) is 13.0. The van der Waals surface area contributed by atoms with Crippen molar-refractivity contribution in [2.45, 2.75) is 12.8 Å². The highest BCUT2D eigenvalue weighted by Gasteiger charge is 2.34. The topological polar surface area (TPSA) is 95.9 Å². The third kappa shape index (κ3) is 3.24. The number of benzene rings is 1. The molecule has 0 aromatic heterocycles. The molecule has 0 unspecified atom stereocenters. The van der Waals surface area contributed by atoms with Crippen LogP contribution in [-0.4, -0.2) is 36.2 Å². The van der Waals surface area contributed by atoms with Crippen molar-refractivity contribution in [1.82, 2.24) is 0 Å². The van der Waals surface area contributed by atoms with Gasteiger partial charge in [0.25, 0.3) is 0 Å². The summed E-state index contributed by atoms with van der Waals surface area (Å²) >= 11 is 0. The number of anilines is 2. The predicted octanol–water partition coefficient (Wildman–Crippen LogP) is 2.25. The number of carboxylic acid groups (broad SMARTS) is 1. The Morgan fingerprint density at radius 1 is 1.21 bits per heavy atom. The fraction of sp³-hybridized carbons (Fsp3) is 0.353. The molecule has 2 amide bonds. The molecule has 2 atom stereocenters. The molecule has 2 N–H and O–H groups in total. The quantitative estimate of drug-likeness (QED) is 0.826. The Hall–Kier alpha value is -2.83.